The van der Waals surface area contributed by atoms with Crippen LogP contribution >= 0.6 is 23.2 Å². The van der Waals surface area contributed by atoms with Crippen molar-refractivity contribution >= 4 is 46.9 Å². The number of hydrogen-bond donors (Lipinski definition) is 3. The minimum absolute atomic E-state index is 0.0432. The molecule has 3 amide bonds. The Morgan fingerprint density at radius 2 is 1.76 bits per heavy atom. The van der Waals surface area contributed by atoms with Gasteiger partial charge >= 0.3 is 6.09 Å². The van der Waals surface area contributed by atoms with Gasteiger partial charge < -0.3 is 20.7 Å². The molecular formula is C31H39Cl2N3O5. The number of alkyl carbamates (subject to hydrolysis) is 1. The first-order chi connectivity index (χ1) is 19.4. The third-order valence-electron chi connectivity index (χ3n) is 7.39. The Labute approximate surface area is 251 Å². The number of amides is 3. The van der Waals surface area contributed by atoms with Gasteiger partial charge in [0, 0.05) is 22.9 Å². The van der Waals surface area contributed by atoms with Crippen LogP contribution in [-0.4, -0.2) is 48.2 Å². The second-order valence-corrected chi connectivity index (χ2v) is 12.1. The highest BCUT2D eigenvalue weighted by atomic mass is 35.5. The molecule has 222 valence electrons. The highest BCUT2D eigenvalue weighted by Gasteiger charge is 2.37. The van der Waals surface area contributed by atoms with Crippen molar-refractivity contribution in [2.75, 3.05) is 12.4 Å². The summed E-state index contributed by atoms with van der Waals surface area (Å²) in [5, 5.41) is 8.77. The Morgan fingerprint density at radius 3 is 2.34 bits per heavy atom. The van der Waals surface area contributed by atoms with E-state index < -0.39 is 47.3 Å². The maximum Gasteiger partial charge on any atom is 0.408 e. The van der Waals surface area contributed by atoms with Gasteiger partial charge in [-0.25, -0.2) is 4.79 Å². The summed E-state index contributed by atoms with van der Waals surface area (Å²) in [4.78, 5) is 51.5. The maximum atomic E-state index is 13.4. The van der Waals surface area contributed by atoms with E-state index in [1.165, 1.54) is 0 Å². The first kappa shape index (κ1) is 32.4. The van der Waals surface area contributed by atoms with Crippen molar-refractivity contribution < 1.29 is 23.9 Å². The van der Waals surface area contributed by atoms with Gasteiger partial charge in [0.1, 0.15) is 12.1 Å². The normalized spacial score (nSPS) is 17.3. The molecule has 41 heavy (non-hydrogen) atoms. The van der Waals surface area contributed by atoms with Gasteiger partial charge in [-0.15, -0.1) is 11.6 Å². The number of carbonyl (C=O) groups excluding carboxylic acids is 4. The zero-order chi connectivity index (χ0) is 30.2. The quantitative estimate of drug-likeness (QED) is 0.268. The standard InChI is InChI=1S/C31H39Cl2N3O5/c1-19(2)15-25(29(39)35-24(26(37)18-32)16-21-13-14-34-28(21)38)36-30(40)41-27(20-9-6-5-7-10-20)31(3,4)22-11-8-12-23(33)17-22/h5-12,17,19,21,24-25,27H,13-16,18H2,1-4H3,(H,34,38)(H,35,39)(H,36,40)/t21-,24?,25?,27?/m0/s1. The number of ether oxygens (including phenoxy) is 1. The molecule has 1 aliphatic heterocycles. The zero-order valence-corrected chi connectivity index (χ0v) is 25.4. The van der Waals surface area contributed by atoms with Crippen LogP contribution in [0.2, 0.25) is 5.02 Å². The van der Waals surface area contributed by atoms with Gasteiger partial charge in [0.15, 0.2) is 5.78 Å². The summed E-state index contributed by atoms with van der Waals surface area (Å²) in [5.74, 6) is -1.74. The van der Waals surface area contributed by atoms with Crippen LogP contribution in [0.15, 0.2) is 54.6 Å². The highest BCUT2D eigenvalue weighted by molar-refractivity contribution is 6.30. The molecule has 2 aromatic carbocycles. The molecule has 0 radical (unpaired) electrons. The fraction of sp³-hybridized carbons (Fsp3) is 0.484. The Kier molecular flexibility index (Phi) is 11.6. The summed E-state index contributed by atoms with van der Waals surface area (Å²) in [5.41, 5.74) is 0.973. The zero-order valence-electron chi connectivity index (χ0n) is 23.9. The number of Topliss-reactive ketones (excluding diaryl/α,β-unsaturated/α-hetero) is 1. The predicted octanol–water partition coefficient (Wildman–Crippen LogP) is 5.32. The number of ketones is 1. The molecule has 1 aliphatic rings. The van der Waals surface area contributed by atoms with Crippen molar-refractivity contribution in [3.63, 3.8) is 0 Å². The van der Waals surface area contributed by atoms with E-state index in [1.54, 1.807) is 6.07 Å². The molecule has 4 atom stereocenters. The van der Waals surface area contributed by atoms with Crippen LogP contribution in [0.1, 0.15) is 64.2 Å². The number of carbonyl (C=O) groups is 4. The van der Waals surface area contributed by atoms with Gasteiger partial charge in [0.05, 0.1) is 11.9 Å². The van der Waals surface area contributed by atoms with Crippen molar-refractivity contribution in [2.24, 2.45) is 11.8 Å². The largest absolute Gasteiger partial charge is 0.440 e. The van der Waals surface area contributed by atoms with Crippen molar-refractivity contribution in [3.8, 4) is 0 Å². The summed E-state index contributed by atoms with van der Waals surface area (Å²) in [6.45, 7) is 8.29. The number of benzene rings is 2. The molecule has 0 aliphatic carbocycles. The number of halogens is 2. The number of hydrogen-bond acceptors (Lipinski definition) is 5. The number of rotatable bonds is 13. The van der Waals surface area contributed by atoms with Gasteiger partial charge in [-0.3, -0.25) is 14.4 Å². The molecule has 2 aromatic rings. The molecule has 0 spiro atoms. The van der Waals surface area contributed by atoms with Gasteiger partial charge in [0.2, 0.25) is 11.8 Å². The van der Waals surface area contributed by atoms with Crippen LogP contribution in [0.4, 0.5) is 4.79 Å². The molecule has 1 fully saturated rings. The lowest BCUT2D eigenvalue weighted by molar-refractivity contribution is -0.129. The average Bonchev–Trinajstić information content (AvgIpc) is 3.34. The molecule has 3 unspecified atom stereocenters. The third-order valence-corrected chi connectivity index (χ3v) is 7.89. The second kappa shape index (κ2) is 14.7. The molecule has 1 saturated heterocycles. The second-order valence-electron chi connectivity index (χ2n) is 11.4. The van der Waals surface area contributed by atoms with E-state index in [0.29, 0.717) is 24.4 Å². The van der Waals surface area contributed by atoms with Crippen LogP contribution in [0.5, 0.6) is 0 Å². The van der Waals surface area contributed by atoms with E-state index in [2.05, 4.69) is 16.0 Å². The van der Waals surface area contributed by atoms with E-state index in [-0.39, 0.29) is 24.1 Å². The molecule has 0 saturated carbocycles. The van der Waals surface area contributed by atoms with E-state index in [4.69, 9.17) is 27.9 Å². The molecule has 3 N–H and O–H groups in total. The predicted molar refractivity (Wildman–Crippen MR) is 160 cm³/mol. The average molecular weight is 605 g/mol. The van der Waals surface area contributed by atoms with Crippen LogP contribution < -0.4 is 16.0 Å². The van der Waals surface area contributed by atoms with Crippen LogP contribution in [0, 0.1) is 11.8 Å². The lowest BCUT2D eigenvalue weighted by Crippen LogP contribution is -2.53. The van der Waals surface area contributed by atoms with Gasteiger partial charge in [-0.2, -0.15) is 0 Å². The molecule has 8 nitrogen and oxygen atoms in total. The summed E-state index contributed by atoms with van der Waals surface area (Å²) in [6.07, 6.45) is -0.461. The lowest BCUT2D eigenvalue weighted by Gasteiger charge is -2.35. The molecule has 1 heterocycles. The van der Waals surface area contributed by atoms with E-state index >= 15 is 0 Å². The molecule has 3 rings (SSSR count). The minimum atomic E-state index is -0.976. The molecule has 10 heteroatoms. The number of alkyl halides is 1. The maximum absolute atomic E-state index is 13.4. The van der Waals surface area contributed by atoms with Crippen molar-refractivity contribution in [1.29, 1.82) is 0 Å². The van der Waals surface area contributed by atoms with E-state index in [9.17, 15) is 19.2 Å². The Balaban J connectivity index is 1.81. The van der Waals surface area contributed by atoms with Gasteiger partial charge in [0.25, 0.3) is 0 Å². The van der Waals surface area contributed by atoms with Gasteiger partial charge in [-0.1, -0.05) is 81.8 Å². The Hall–Kier alpha value is -3.10. The summed E-state index contributed by atoms with van der Waals surface area (Å²) in [6, 6.07) is 14.8. The van der Waals surface area contributed by atoms with Crippen LogP contribution in [-0.2, 0) is 24.5 Å². The Morgan fingerprint density at radius 1 is 1.05 bits per heavy atom. The number of nitrogens with one attached hydrogen (secondary N) is 3. The highest BCUT2D eigenvalue weighted by Crippen LogP contribution is 2.40. The van der Waals surface area contributed by atoms with E-state index in [1.807, 2.05) is 76.2 Å². The monoisotopic (exact) mass is 603 g/mol. The summed E-state index contributed by atoms with van der Waals surface area (Å²) in [7, 11) is 0. The summed E-state index contributed by atoms with van der Waals surface area (Å²) >= 11 is 12.1. The van der Waals surface area contributed by atoms with Crippen LogP contribution in [0.3, 0.4) is 0 Å². The van der Waals surface area contributed by atoms with E-state index in [0.717, 1.165) is 11.1 Å². The summed E-state index contributed by atoms with van der Waals surface area (Å²) < 4.78 is 6.04. The Bertz CT molecular complexity index is 1220. The fourth-order valence-corrected chi connectivity index (χ4v) is 5.45. The van der Waals surface area contributed by atoms with Crippen molar-refractivity contribution in [2.45, 2.75) is 70.6 Å². The van der Waals surface area contributed by atoms with Gasteiger partial charge in [-0.05, 0) is 48.4 Å². The van der Waals surface area contributed by atoms with Crippen molar-refractivity contribution in [3.05, 3.63) is 70.7 Å². The smallest absolute Gasteiger partial charge is 0.408 e. The first-order valence-corrected chi connectivity index (χ1v) is 14.8. The van der Waals surface area contributed by atoms with Crippen LogP contribution in [0.25, 0.3) is 0 Å². The molecule has 0 bridgehead atoms. The SMILES string of the molecule is CC(C)CC(NC(=O)OC(c1ccccc1)C(C)(C)c1cccc(Cl)c1)C(=O)NC(C[C@@H]1CCNC1=O)C(=O)CCl. The fourth-order valence-electron chi connectivity index (χ4n) is 5.08. The van der Waals surface area contributed by atoms with Crippen molar-refractivity contribution in [1.82, 2.24) is 16.0 Å². The first-order valence-electron chi connectivity index (χ1n) is 13.9. The topological polar surface area (TPSA) is 114 Å². The third kappa shape index (κ3) is 8.94. The molecule has 0 aromatic heterocycles. The minimum Gasteiger partial charge on any atom is -0.440 e. The molecular weight excluding hydrogens is 565 g/mol. The lowest BCUT2D eigenvalue weighted by atomic mass is 9.76.